The van der Waals surface area contributed by atoms with Gasteiger partial charge in [-0.2, -0.15) is 4.31 Å². The number of nitrogens with one attached hydrogen (secondary N) is 1. The summed E-state index contributed by atoms with van der Waals surface area (Å²) in [5.74, 6) is -0.397. The monoisotopic (exact) mass is 489 g/mol. The number of tetrazole rings is 1. The summed E-state index contributed by atoms with van der Waals surface area (Å²) in [6.07, 6.45) is 1.47. The second-order valence-electron chi connectivity index (χ2n) is 8.01. The summed E-state index contributed by atoms with van der Waals surface area (Å²) in [6, 6.07) is 23.0. The van der Waals surface area contributed by atoms with E-state index in [1.807, 2.05) is 30.3 Å². The van der Waals surface area contributed by atoms with E-state index in [2.05, 4.69) is 25.7 Å². The van der Waals surface area contributed by atoms with E-state index in [9.17, 15) is 13.2 Å². The molecule has 1 aliphatic heterocycles. The smallest absolute Gasteiger partial charge is 0.255 e. The highest BCUT2D eigenvalue weighted by Gasteiger charge is 2.29. The molecule has 0 atom stereocenters. The number of nitrogens with zero attached hydrogens (tertiary/aromatic N) is 6. The van der Waals surface area contributed by atoms with Gasteiger partial charge in [-0.25, -0.2) is 13.1 Å². The van der Waals surface area contributed by atoms with Crippen LogP contribution in [0.4, 0.5) is 11.4 Å². The van der Waals surface area contributed by atoms with Crippen LogP contribution in [0, 0.1) is 0 Å². The number of sulfonamides is 1. The first-order valence-corrected chi connectivity index (χ1v) is 12.5. The topological polar surface area (TPSA) is 113 Å². The van der Waals surface area contributed by atoms with Gasteiger partial charge in [-0.3, -0.25) is 4.79 Å². The number of carbonyl (C=O) groups excluding carboxylic acids is 1. The Bertz CT molecular complexity index is 1400. The van der Waals surface area contributed by atoms with Crippen LogP contribution in [0.2, 0.25) is 0 Å². The van der Waals surface area contributed by atoms with Crippen LogP contribution in [0.25, 0.3) is 5.69 Å². The molecule has 0 aliphatic carbocycles. The number of aromatic nitrogens is 4. The maximum Gasteiger partial charge on any atom is 0.255 e. The Hall–Kier alpha value is -4.09. The van der Waals surface area contributed by atoms with E-state index in [4.69, 9.17) is 0 Å². The molecule has 1 saturated heterocycles. The molecule has 5 rings (SSSR count). The molecule has 4 aromatic rings. The zero-order chi connectivity index (χ0) is 24.3. The Labute approximate surface area is 202 Å². The van der Waals surface area contributed by atoms with Crippen LogP contribution in [-0.2, 0) is 10.0 Å². The molecule has 11 heteroatoms. The zero-order valence-electron chi connectivity index (χ0n) is 18.7. The van der Waals surface area contributed by atoms with Gasteiger partial charge in [0.2, 0.25) is 10.0 Å². The third-order valence-electron chi connectivity index (χ3n) is 5.83. The Kier molecular flexibility index (Phi) is 6.25. The summed E-state index contributed by atoms with van der Waals surface area (Å²) in [5.41, 5.74) is 2.65. The molecule has 178 valence electrons. The van der Waals surface area contributed by atoms with Crippen LogP contribution in [0.15, 0.2) is 90.1 Å². The number of hydrogen-bond acceptors (Lipinski definition) is 7. The van der Waals surface area contributed by atoms with Crippen LogP contribution in [0.5, 0.6) is 0 Å². The number of carbonyl (C=O) groups is 1. The summed E-state index contributed by atoms with van der Waals surface area (Å²) in [7, 11) is -3.72. The van der Waals surface area contributed by atoms with Gasteiger partial charge in [-0.05, 0) is 65.0 Å². The lowest BCUT2D eigenvalue weighted by molar-refractivity contribution is 0.102. The number of benzene rings is 3. The molecule has 1 fully saturated rings. The molecule has 3 aromatic carbocycles. The molecule has 0 radical (unpaired) electrons. The second-order valence-corrected chi connectivity index (χ2v) is 9.95. The van der Waals surface area contributed by atoms with Crippen LogP contribution < -0.4 is 10.2 Å². The van der Waals surface area contributed by atoms with E-state index in [0.29, 0.717) is 31.9 Å². The lowest BCUT2D eigenvalue weighted by atomic mass is 10.2. The third-order valence-corrected chi connectivity index (χ3v) is 7.73. The number of hydrogen-bond donors (Lipinski definition) is 1. The van der Waals surface area contributed by atoms with E-state index in [1.165, 1.54) is 27.4 Å². The first-order valence-electron chi connectivity index (χ1n) is 11.1. The standard InChI is InChI=1S/C24H23N7O3S/c32-24(26-20-9-11-22(12-10-20)31-18-25-27-28-31)19-5-4-8-23(17-19)35(33,34)30-15-13-29(14-16-30)21-6-2-1-3-7-21/h1-12,17-18H,13-16H2,(H,26,32). The molecule has 10 nitrogen and oxygen atoms in total. The lowest BCUT2D eigenvalue weighted by Gasteiger charge is -2.35. The van der Waals surface area contributed by atoms with Crippen molar-refractivity contribution in [1.29, 1.82) is 0 Å². The average Bonchev–Trinajstić information content (AvgIpc) is 3.45. The first-order chi connectivity index (χ1) is 17.0. The quantitative estimate of drug-likeness (QED) is 0.443. The maximum absolute atomic E-state index is 13.3. The second kappa shape index (κ2) is 9.65. The third kappa shape index (κ3) is 4.91. The maximum atomic E-state index is 13.3. The molecule has 1 aliphatic rings. The van der Waals surface area contributed by atoms with Gasteiger partial charge >= 0.3 is 0 Å². The minimum Gasteiger partial charge on any atom is -0.369 e. The molecule has 35 heavy (non-hydrogen) atoms. The SMILES string of the molecule is O=C(Nc1ccc(-n2cnnn2)cc1)c1cccc(S(=O)(=O)N2CCN(c3ccccc3)CC2)c1. The van der Waals surface area contributed by atoms with Gasteiger partial charge in [-0.1, -0.05) is 24.3 Å². The van der Waals surface area contributed by atoms with Crippen molar-refractivity contribution in [2.24, 2.45) is 0 Å². The normalized spacial score (nSPS) is 14.6. The summed E-state index contributed by atoms with van der Waals surface area (Å²) in [6.45, 7) is 1.96. The van der Waals surface area contributed by atoms with Gasteiger partial charge in [0.05, 0.1) is 10.6 Å². The number of amides is 1. The molecule has 1 amide bonds. The van der Waals surface area contributed by atoms with E-state index in [0.717, 1.165) is 11.4 Å². The summed E-state index contributed by atoms with van der Waals surface area (Å²) >= 11 is 0. The molecular weight excluding hydrogens is 466 g/mol. The Morgan fingerprint density at radius 2 is 1.57 bits per heavy atom. The molecule has 1 N–H and O–H groups in total. The highest BCUT2D eigenvalue weighted by Crippen LogP contribution is 2.22. The molecule has 0 unspecified atom stereocenters. The van der Waals surface area contributed by atoms with Crippen LogP contribution in [-0.4, -0.2) is 65.0 Å². The van der Waals surface area contributed by atoms with Crippen molar-refractivity contribution in [2.75, 3.05) is 36.4 Å². The highest BCUT2D eigenvalue weighted by molar-refractivity contribution is 7.89. The van der Waals surface area contributed by atoms with Gasteiger partial charge in [0.15, 0.2) is 0 Å². The predicted molar refractivity (Wildman–Crippen MR) is 131 cm³/mol. The van der Waals surface area contributed by atoms with Gasteiger partial charge < -0.3 is 10.2 Å². The van der Waals surface area contributed by atoms with Crippen LogP contribution in [0.1, 0.15) is 10.4 Å². The van der Waals surface area contributed by atoms with Crippen molar-refractivity contribution in [1.82, 2.24) is 24.5 Å². The van der Waals surface area contributed by atoms with Crippen molar-refractivity contribution < 1.29 is 13.2 Å². The predicted octanol–water partition coefficient (Wildman–Crippen LogP) is 2.43. The molecular formula is C24H23N7O3S. The van der Waals surface area contributed by atoms with Gasteiger partial charge in [0.1, 0.15) is 6.33 Å². The first kappa shape index (κ1) is 22.7. The Balaban J connectivity index is 1.26. The van der Waals surface area contributed by atoms with Crippen molar-refractivity contribution in [3.8, 4) is 5.69 Å². The molecule has 0 saturated carbocycles. The molecule has 2 heterocycles. The number of piperazine rings is 1. The fraction of sp³-hybridized carbons (Fsp3) is 0.167. The van der Waals surface area contributed by atoms with E-state index in [-0.39, 0.29) is 10.5 Å². The van der Waals surface area contributed by atoms with Gasteiger partial charge in [-0.15, -0.1) is 5.10 Å². The van der Waals surface area contributed by atoms with Crippen molar-refractivity contribution >= 4 is 27.3 Å². The summed E-state index contributed by atoms with van der Waals surface area (Å²) < 4.78 is 29.5. The van der Waals surface area contributed by atoms with E-state index in [1.54, 1.807) is 36.4 Å². The highest BCUT2D eigenvalue weighted by atomic mass is 32.2. The van der Waals surface area contributed by atoms with Crippen molar-refractivity contribution in [2.45, 2.75) is 4.90 Å². The van der Waals surface area contributed by atoms with Crippen molar-refractivity contribution in [3.63, 3.8) is 0 Å². The van der Waals surface area contributed by atoms with Crippen molar-refractivity contribution in [3.05, 3.63) is 90.8 Å². The Morgan fingerprint density at radius 3 is 2.26 bits per heavy atom. The lowest BCUT2D eigenvalue weighted by Crippen LogP contribution is -2.48. The molecule has 1 aromatic heterocycles. The zero-order valence-corrected chi connectivity index (χ0v) is 19.5. The van der Waals surface area contributed by atoms with E-state index >= 15 is 0 Å². The van der Waals surface area contributed by atoms with Gasteiger partial charge in [0.25, 0.3) is 5.91 Å². The fourth-order valence-corrected chi connectivity index (χ4v) is 5.42. The number of anilines is 2. The molecule has 0 spiro atoms. The summed E-state index contributed by atoms with van der Waals surface area (Å²) in [5, 5.41) is 13.8. The minimum absolute atomic E-state index is 0.104. The fourth-order valence-electron chi connectivity index (χ4n) is 3.95. The van der Waals surface area contributed by atoms with Crippen LogP contribution in [0.3, 0.4) is 0 Å². The van der Waals surface area contributed by atoms with Crippen LogP contribution >= 0.6 is 0 Å². The van der Waals surface area contributed by atoms with E-state index < -0.39 is 15.9 Å². The molecule has 0 bridgehead atoms. The number of rotatable bonds is 6. The average molecular weight is 490 g/mol. The largest absolute Gasteiger partial charge is 0.369 e. The number of para-hydroxylation sites is 1. The minimum atomic E-state index is -3.72. The Morgan fingerprint density at radius 1 is 0.829 bits per heavy atom. The summed E-state index contributed by atoms with van der Waals surface area (Å²) in [4.78, 5) is 15.1. The van der Waals surface area contributed by atoms with Gasteiger partial charge in [0, 0.05) is 43.1 Å².